The third-order valence-electron chi connectivity index (χ3n) is 5.41. The quantitative estimate of drug-likeness (QED) is 0.837. The molecule has 1 saturated heterocycles. The highest BCUT2D eigenvalue weighted by Crippen LogP contribution is 2.33. The minimum Gasteiger partial charge on any atom is -0.314 e. The largest absolute Gasteiger partial charge is 0.314 e. The Kier molecular flexibility index (Phi) is 5.30. The van der Waals surface area contributed by atoms with E-state index in [9.17, 15) is 0 Å². The molecule has 2 nitrogen and oxygen atoms in total. The van der Waals surface area contributed by atoms with Crippen molar-refractivity contribution in [3.05, 3.63) is 0 Å². The van der Waals surface area contributed by atoms with Crippen LogP contribution in [-0.4, -0.2) is 37.1 Å². The molecule has 0 bridgehead atoms. The van der Waals surface area contributed by atoms with Crippen LogP contribution in [0, 0.1) is 17.3 Å². The zero-order valence-electron chi connectivity index (χ0n) is 13.5. The summed E-state index contributed by atoms with van der Waals surface area (Å²) in [4.78, 5) is 2.73. The highest BCUT2D eigenvalue weighted by Gasteiger charge is 2.32. The number of hydrogen-bond donors (Lipinski definition) is 1. The fourth-order valence-electron chi connectivity index (χ4n) is 3.90. The van der Waals surface area contributed by atoms with Gasteiger partial charge in [0, 0.05) is 12.6 Å². The van der Waals surface area contributed by atoms with Gasteiger partial charge in [-0.15, -0.1) is 0 Å². The molecule has 0 aromatic heterocycles. The van der Waals surface area contributed by atoms with Crippen LogP contribution in [0.2, 0.25) is 0 Å². The first kappa shape index (κ1) is 15.3. The third kappa shape index (κ3) is 4.46. The summed E-state index contributed by atoms with van der Waals surface area (Å²) in [6, 6.07) is 0.774. The fourth-order valence-corrected chi connectivity index (χ4v) is 3.90. The van der Waals surface area contributed by atoms with Gasteiger partial charge in [0.2, 0.25) is 0 Å². The predicted octanol–water partition coefficient (Wildman–Crippen LogP) is 3.52. The summed E-state index contributed by atoms with van der Waals surface area (Å²) in [6.45, 7) is 14.6. The monoisotopic (exact) mass is 266 g/mol. The lowest BCUT2D eigenvalue weighted by molar-refractivity contribution is 0.0893. The molecule has 0 spiro atoms. The van der Waals surface area contributed by atoms with E-state index >= 15 is 0 Å². The smallest absolute Gasteiger partial charge is 0.0108 e. The molecule has 2 rings (SSSR count). The Bertz CT molecular complexity index is 264. The van der Waals surface area contributed by atoms with E-state index in [-0.39, 0.29) is 0 Å². The molecule has 3 unspecified atom stereocenters. The first-order chi connectivity index (χ1) is 9.00. The maximum Gasteiger partial charge on any atom is 0.0108 e. The van der Waals surface area contributed by atoms with Crippen LogP contribution in [0.15, 0.2) is 0 Å². The molecule has 1 heterocycles. The van der Waals surface area contributed by atoms with Gasteiger partial charge >= 0.3 is 0 Å². The second-order valence-corrected chi connectivity index (χ2v) is 7.81. The van der Waals surface area contributed by atoms with Crippen molar-refractivity contribution in [1.29, 1.82) is 0 Å². The van der Waals surface area contributed by atoms with E-state index in [1.165, 1.54) is 51.7 Å². The van der Waals surface area contributed by atoms with Gasteiger partial charge in [-0.05, 0) is 69.0 Å². The molecule has 0 amide bonds. The van der Waals surface area contributed by atoms with Crippen molar-refractivity contribution >= 4 is 0 Å². The second-order valence-electron chi connectivity index (χ2n) is 7.81. The van der Waals surface area contributed by atoms with Gasteiger partial charge in [0.1, 0.15) is 0 Å². The summed E-state index contributed by atoms with van der Waals surface area (Å²) in [5, 5.41) is 3.73. The van der Waals surface area contributed by atoms with Crippen molar-refractivity contribution in [2.45, 2.75) is 65.8 Å². The molecule has 1 aliphatic heterocycles. The number of rotatable bonds is 4. The average Bonchev–Trinajstić information content (AvgIpc) is 2.35. The zero-order chi connectivity index (χ0) is 13.9. The van der Waals surface area contributed by atoms with E-state index in [4.69, 9.17) is 0 Å². The normalized spacial score (nSPS) is 36.3. The number of nitrogens with zero attached hydrogens (tertiary/aromatic N) is 1. The average molecular weight is 266 g/mol. The van der Waals surface area contributed by atoms with Crippen LogP contribution < -0.4 is 5.32 Å². The lowest BCUT2D eigenvalue weighted by atomic mass is 9.77. The molecule has 1 N–H and O–H groups in total. The van der Waals surface area contributed by atoms with E-state index in [1.807, 2.05) is 0 Å². The van der Waals surface area contributed by atoms with Crippen LogP contribution in [0.1, 0.15) is 59.8 Å². The number of likely N-dealkylation sites (tertiary alicyclic amines) is 1. The van der Waals surface area contributed by atoms with Crippen molar-refractivity contribution in [2.24, 2.45) is 17.3 Å². The molecule has 2 aliphatic rings. The molecule has 3 atom stereocenters. The molecule has 2 heteroatoms. The molecule has 19 heavy (non-hydrogen) atoms. The van der Waals surface area contributed by atoms with E-state index in [1.54, 1.807) is 0 Å². The highest BCUT2D eigenvalue weighted by molar-refractivity contribution is 4.87. The van der Waals surface area contributed by atoms with E-state index in [0.29, 0.717) is 5.41 Å². The summed E-state index contributed by atoms with van der Waals surface area (Å²) in [7, 11) is 0. The fraction of sp³-hybridized carbons (Fsp3) is 1.00. The Morgan fingerprint density at radius 2 is 1.84 bits per heavy atom. The van der Waals surface area contributed by atoms with Gasteiger partial charge in [-0.2, -0.15) is 0 Å². The molecule has 112 valence electrons. The maximum atomic E-state index is 3.73. The standard InChI is InChI=1S/C17H34N2/c1-5-18-16-7-6-14(2)12-15(16)13-19-10-8-17(3,4)9-11-19/h14-16,18H,5-13H2,1-4H3. The molecule has 1 aliphatic carbocycles. The van der Waals surface area contributed by atoms with Gasteiger partial charge in [0.25, 0.3) is 0 Å². The highest BCUT2D eigenvalue weighted by atomic mass is 15.1. The predicted molar refractivity (Wildman–Crippen MR) is 83.4 cm³/mol. The molecule has 0 radical (unpaired) electrons. The first-order valence-electron chi connectivity index (χ1n) is 8.46. The Morgan fingerprint density at radius 3 is 2.47 bits per heavy atom. The molecule has 1 saturated carbocycles. The van der Waals surface area contributed by atoms with E-state index in [2.05, 4.69) is 37.9 Å². The summed E-state index contributed by atoms with van der Waals surface area (Å²) < 4.78 is 0. The molecule has 2 fully saturated rings. The van der Waals surface area contributed by atoms with Gasteiger partial charge in [-0.1, -0.05) is 27.7 Å². The minimum absolute atomic E-state index is 0.581. The zero-order valence-corrected chi connectivity index (χ0v) is 13.5. The summed E-state index contributed by atoms with van der Waals surface area (Å²) in [5.74, 6) is 1.81. The SMILES string of the molecule is CCNC1CCC(C)CC1CN1CCC(C)(C)CC1. The minimum atomic E-state index is 0.581. The summed E-state index contributed by atoms with van der Waals surface area (Å²) in [5.41, 5.74) is 0.581. The lowest BCUT2D eigenvalue weighted by Crippen LogP contribution is -2.47. The van der Waals surface area contributed by atoms with Crippen molar-refractivity contribution < 1.29 is 0 Å². The molecule has 0 aromatic rings. The number of hydrogen-bond acceptors (Lipinski definition) is 2. The Labute approximate surface area is 120 Å². The van der Waals surface area contributed by atoms with Gasteiger partial charge in [-0.3, -0.25) is 0 Å². The Balaban J connectivity index is 1.85. The van der Waals surface area contributed by atoms with Crippen LogP contribution in [0.5, 0.6) is 0 Å². The van der Waals surface area contributed by atoms with Gasteiger partial charge in [-0.25, -0.2) is 0 Å². The van der Waals surface area contributed by atoms with E-state index < -0.39 is 0 Å². The molecule has 0 aromatic carbocycles. The molecular weight excluding hydrogens is 232 g/mol. The second kappa shape index (κ2) is 6.58. The van der Waals surface area contributed by atoms with Crippen LogP contribution in [-0.2, 0) is 0 Å². The van der Waals surface area contributed by atoms with Crippen molar-refractivity contribution in [3.8, 4) is 0 Å². The van der Waals surface area contributed by atoms with Crippen molar-refractivity contribution in [2.75, 3.05) is 26.2 Å². The van der Waals surface area contributed by atoms with Crippen LogP contribution in [0.3, 0.4) is 0 Å². The Hall–Kier alpha value is -0.0800. The number of piperidine rings is 1. The van der Waals surface area contributed by atoms with Crippen LogP contribution in [0.4, 0.5) is 0 Å². The summed E-state index contributed by atoms with van der Waals surface area (Å²) in [6.07, 6.45) is 6.99. The summed E-state index contributed by atoms with van der Waals surface area (Å²) >= 11 is 0. The topological polar surface area (TPSA) is 15.3 Å². The van der Waals surface area contributed by atoms with E-state index in [0.717, 1.165) is 24.4 Å². The number of nitrogens with one attached hydrogen (secondary N) is 1. The van der Waals surface area contributed by atoms with Crippen molar-refractivity contribution in [1.82, 2.24) is 10.2 Å². The van der Waals surface area contributed by atoms with Crippen LogP contribution in [0.25, 0.3) is 0 Å². The van der Waals surface area contributed by atoms with Crippen molar-refractivity contribution in [3.63, 3.8) is 0 Å². The Morgan fingerprint density at radius 1 is 1.16 bits per heavy atom. The maximum absolute atomic E-state index is 3.73. The molecular formula is C17H34N2. The third-order valence-corrected chi connectivity index (χ3v) is 5.41. The van der Waals surface area contributed by atoms with Crippen LogP contribution >= 0.6 is 0 Å². The lowest BCUT2D eigenvalue weighted by Gasteiger charge is -2.42. The van der Waals surface area contributed by atoms with Gasteiger partial charge < -0.3 is 10.2 Å². The first-order valence-corrected chi connectivity index (χ1v) is 8.46. The van der Waals surface area contributed by atoms with Gasteiger partial charge in [0.05, 0.1) is 0 Å². The van der Waals surface area contributed by atoms with Gasteiger partial charge in [0.15, 0.2) is 0 Å².